The van der Waals surface area contributed by atoms with Gasteiger partial charge in [-0.1, -0.05) is 25.1 Å². The Hall–Kier alpha value is -2.05. The number of aromatic nitrogens is 1. The van der Waals surface area contributed by atoms with Gasteiger partial charge in [-0.15, -0.1) is 11.3 Å². The second-order valence-corrected chi connectivity index (χ2v) is 7.27. The fourth-order valence-corrected chi connectivity index (χ4v) is 4.05. The lowest BCUT2D eigenvalue weighted by Gasteiger charge is -2.17. The number of rotatable bonds is 4. The van der Waals surface area contributed by atoms with E-state index >= 15 is 0 Å². The third-order valence-corrected chi connectivity index (χ3v) is 5.56. The zero-order chi connectivity index (χ0) is 16.7. The molecular formula is C18H17N3OS2. The maximum Gasteiger partial charge on any atom is 0.281 e. The third kappa shape index (κ3) is 2.76. The number of hydrogen-bond donors (Lipinski definition) is 1. The highest BCUT2D eigenvalue weighted by atomic mass is 32.1. The van der Waals surface area contributed by atoms with Crippen LogP contribution >= 0.6 is 23.6 Å². The van der Waals surface area contributed by atoms with Crippen LogP contribution in [0.4, 0.5) is 5.69 Å². The molecule has 4 rings (SSSR count). The molecule has 2 fully saturated rings. The first-order valence-electron chi connectivity index (χ1n) is 8.08. The fourth-order valence-electron chi connectivity index (χ4n) is 2.81. The van der Waals surface area contributed by atoms with Crippen LogP contribution in [0.3, 0.4) is 0 Å². The van der Waals surface area contributed by atoms with E-state index in [2.05, 4.69) is 17.2 Å². The van der Waals surface area contributed by atoms with Crippen LogP contribution in [0.25, 0.3) is 6.08 Å². The van der Waals surface area contributed by atoms with Crippen molar-refractivity contribution in [2.75, 3.05) is 4.90 Å². The Morgan fingerprint density at radius 1 is 1.42 bits per heavy atom. The van der Waals surface area contributed by atoms with Gasteiger partial charge in [-0.25, -0.2) is 4.98 Å². The molecule has 2 aromatic rings. The topological polar surface area (TPSA) is 45.2 Å². The minimum atomic E-state index is -0.123. The number of anilines is 1. The lowest BCUT2D eigenvalue weighted by Crippen LogP contribution is -2.31. The molecule has 1 aliphatic carbocycles. The molecule has 0 unspecified atom stereocenters. The normalized spacial score (nSPS) is 19.2. The van der Waals surface area contributed by atoms with Crippen molar-refractivity contribution >= 4 is 46.3 Å². The molecule has 1 aliphatic heterocycles. The molecule has 1 N–H and O–H groups in total. The predicted octanol–water partition coefficient (Wildman–Crippen LogP) is 3.85. The van der Waals surface area contributed by atoms with Gasteiger partial charge in [-0.05, 0) is 49.2 Å². The molecule has 2 aliphatic rings. The van der Waals surface area contributed by atoms with Gasteiger partial charge in [-0.3, -0.25) is 9.69 Å². The standard InChI is InChI=1S/C18H17N3OS2/c1-2-11-5-3-4-6-15(11)21-17(22)14(20-18(21)23)9-13-10-24-16(19-13)12-7-8-12/h3-6,9-10,12H,2,7-8H2,1H3,(H,20,23)/b14-9-. The third-order valence-electron chi connectivity index (χ3n) is 4.25. The summed E-state index contributed by atoms with van der Waals surface area (Å²) in [6.45, 7) is 2.07. The molecule has 1 amide bonds. The van der Waals surface area contributed by atoms with Gasteiger partial charge < -0.3 is 5.32 Å². The number of para-hydroxylation sites is 1. The van der Waals surface area contributed by atoms with Gasteiger partial charge in [-0.2, -0.15) is 0 Å². The fraction of sp³-hybridized carbons (Fsp3) is 0.278. The Balaban J connectivity index is 1.64. The van der Waals surface area contributed by atoms with Crippen molar-refractivity contribution < 1.29 is 4.79 Å². The van der Waals surface area contributed by atoms with Gasteiger partial charge in [0, 0.05) is 11.3 Å². The van der Waals surface area contributed by atoms with Crippen LogP contribution < -0.4 is 10.2 Å². The lowest BCUT2D eigenvalue weighted by molar-refractivity contribution is -0.113. The number of hydrogen-bond acceptors (Lipinski definition) is 4. The second kappa shape index (κ2) is 6.11. The van der Waals surface area contributed by atoms with Gasteiger partial charge in [0.1, 0.15) is 5.70 Å². The highest BCUT2D eigenvalue weighted by Gasteiger charge is 2.33. The van der Waals surface area contributed by atoms with E-state index in [0.717, 1.165) is 23.4 Å². The van der Waals surface area contributed by atoms with Gasteiger partial charge in [0.15, 0.2) is 5.11 Å². The Morgan fingerprint density at radius 3 is 2.96 bits per heavy atom. The molecule has 1 aromatic heterocycles. The van der Waals surface area contributed by atoms with Crippen molar-refractivity contribution in [3.8, 4) is 0 Å². The Bertz CT molecular complexity index is 851. The minimum Gasteiger partial charge on any atom is -0.327 e. The maximum absolute atomic E-state index is 12.8. The highest BCUT2D eigenvalue weighted by molar-refractivity contribution is 7.80. The summed E-state index contributed by atoms with van der Waals surface area (Å²) in [5, 5.41) is 6.63. The van der Waals surface area contributed by atoms with Gasteiger partial charge in [0.25, 0.3) is 5.91 Å². The van der Waals surface area contributed by atoms with E-state index in [1.165, 1.54) is 17.8 Å². The molecule has 0 bridgehead atoms. The number of nitrogens with one attached hydrogen (secondary N) is 1. The number of carbonyl (C=O) groups excluding carboxylic acids is 1. The molecule has 122 valence electrons. The Morgan fingerprint density at radius 2 is 2.21 bits per heavy atom. The monoisotopic (exact) mass is 355 g/mol. The van der Waals surface area contributed by atoms with Crippen LogP contribution in [0.1, 0.15) is 41.9 Å². The smallest absolute Gasteiger partial charge is 0.281 e. The number of nitrogens with zero attached hydrogens (tertiary/aromatic N) is 2. The molecule has 1 aromatic carbocycles. The van der Waals surface area contributed by atoms with Gasteiger partial charge in [0.2, 0.25) is 0 Å². The molecular weight excluding hydrogens is 338 g/mol. The molecule has 1 saturated carbocycles. The first-order valence-corrected chi connectivity index (χ1v) is 9.36. The molecule has 0 spiro atoms. The van der Waals surface area contributed by atoms with Crippen LogP contribution in [0, 0.1) is 0 Å². The van der Waals surface area contributed by atoms with E-state index in [1.807, 2.05) is 29.6 Å². The summed E-state index contributed by atoms with van der Waals surface area (Å²) in [5.74, 6) is 0.505. The summed E-state index contributed by atoms with van der Waals surface area (Å²) in [6, 6.07) is 7.86. The number of amides is 1. The van der Waals surface area contributed by atoms with Crippen molar-refractivity contribution in [2.24, 2.45) is 0 Å². The maximum atomic E-state index is 12.8. The zero-order valence-corrected chi connectivity index (χ0v) is 14.9. The number of aryl methyl sites for hydroxylation is 1. The summed E-state index contributed by atoms with van der Waals surface area (Å²) in [6.07, 6.45) is 5.10. The molecule has 0 atom stereocenters. The van der Waals surface area contributed by atoms with E-state index < -0.39 is 0 Å². The van der Waals surface area contributed by atoms with E-state index in [0.29, 0.717) is 16.7 Å². The van der Waals surface area contributed by atoms with Crippen molar-refractivity contribution in [1.29, 1.82) is 0 Å². The minimum absolute atomic E-state index is 0.123. The van der Waals surface area contributed by atoms with E-state index in [-0.39, 0.29) is 5.91 Å². The number of carbonyl (C=O) groups is 1. The average Bonchev–Trinajstić information content (AvgIpc) is 3.27. The average molecular weight is 355 g/mol. The van der Waals surface area contributed by atoms with Gasteiger partial charge in [0.05, 0.1) is 16.4 Å². The van der Waals surface area contributed by atoms with Crippen molar-refractivity contribution in [3.05, 3.63) is 51.6 Å². The summed E-state index contributed by atoms with van der Waals surface area (Å²) in [4.78, 5) is 19.0. The van der Waals surface area contributed by atoms with E-state index in [4.69, 9.17) is 12.2 Å². The summed E-state index contributed by atoms with van der Waals surface area (Å²) in [5.41, 5.74) is 3.26. The van der Waals surface area contributed by atoms with Crippen molar-refractivity contribution in [1.82, 2.24) is 10.3 Å². The summed E-state index contributed by atoms with van der Waals surface area (Å²) in [7, 11) is 0. The van der Waals surface area contributed by atoms with E-state index in [1.54, 1.807) is 22.3 Å². The number of benzene rings is 1. The molecule has 1 saturated heterocycles. The van der Waals surface area contributed by atoms with Crippen molar-refractivity contribution in [2.45, 2.75) is 32.1 Å². The van der Waals surface area contributed by atoms with Crippen LogP contribution in [-0.2, 0) is 11.2 Å². The number of thiocarbonyl (C=S) groups is 1. The molecule has 2 heterocycles. The molecule has 24 heavy (non-hydrogen) atoms. The quantitative estimate of drug-likeness (QED) is 0.668. The summed E-state index contributed by atoms with van der Waals surface area (Å²) < 4.78 is 0. The lowest BCUT2D eigenvalue weighted by atomic mass is 10.1. The first kappa shape index (κ1) is 15.5. The van der Waals surface area contributed by atoms with Gasteiger partial charge >= 0.3 is 0 Å². The molecule has 4 nitrogen and oxygen atoms in total. The van der Waals surface area contributed by atoms with E-state index in [9.17, 15) is 4.79 Å². The molecule has 0 radical (unpaired) electrons. The highest BCUT2D eigenvalue weighted by Crippen LogP contribution is 2.41. The SMILES string of the molecule is CCc1ccccc1N1C(=O)/C(=C/c2csc(C3CC3)n2)NC1=S. The second-order valence-electron chi connectivity index (χ2n) is 6.00. The summed E-state index contributed by atoms with van der Waals surface area (Å²) >= 11 is 7.06. The molecule has 6 heteroatoms. The van der Waals surface area contributed by atoms with Crippen LogP contribution in [0.2, 0.25) is 0 Å². The van der Waals surface area contributed by atoms with Crippen LogP contribution in [0.5, 0.6) is 0 Å². The predicted molar refractivity (Wildman–Crippen MR) is 101 cm³/mol. The zero-order valence-electron chi connectivity index (χ0n) is 13.3. The van der Waals surface area contributed by atoms with Crippen LogP contribution in [-0.4, -0.2) is 16.0 Å². The Kier molecular flexibility index (Phi) is 3.94. The first-order chi connectivity index (χ1) is 11.7. The number of thiazole rings is 1. The largest absolute Gasteiger partial charge is 0.327 e. The van der Waals surface area contributed by atoms with Crippen LogP contribution in [0.15, 0.2) is 35.3 Å². The Labute approximate surface area is 150 Å². The van der Waals surface area contributed by atoms with Crippen molar-refractivity contribution in [3.63, 3.8) is 0 Å².